The van der Waals surface area contributed by atoms with Gasteiger partial charge in [-0.15, -0.1) is 11.3 Å². The molecule has 6 nitrogen and oxygen atoms in total. The Hall–Kier alpha value is -2.02. The number of hydrogen-bond donors (Lipinski definition) is 0. The van der Waals surface area contributed by atoms with Crippen LogP contribution in [0.15, 0.2) is 0 Å². The maximum atomic E-state index is 11.7. The molecule has 106 valence electrons. The monoisotopic (exact) mass is 293 g/mol. The van der Waals surface area contributed by atoms with Crippen LogP contribution in [0, 0.1) is 13.8 Å². The number of rotatable bonds is 3. The largest absolute Gasteiger partial charge is 0.464 e. The molecule has 0 aliphatic heterocycles. The molecular formula is C13H15N3O3S. The van der Waals surface area contributed by atoms with Gasteiger partial charge in [0.05, 0.1) is 18.4 Å². The van der Waals surface area contributed by atoms with E-state index in [1.165, 1.54) is 25.4 Å². The molecule has 0 aliphatic carbocycles. The van der Waals surface area contributed by atoms with Crippen LogP contribution >= 0.6 is 11.3 Å². The smallest absolute Gasteiger partial charge is 0.358 e. The van der Waals surface area contributed by atoms with E-state index >= 15 is 0 Å². The number of carbonyl (C=O) groups excluding carboxylic acids is 2. The van der Waals surface area contributed by atoms with E-state index in [0.717, 1.165) is 17.0 Å². The van der Waals surface area contributed by atoms with Gasteiger partial charge in [-0.3, -0.25) is 9.48 Å². The zero-order chi connectivity index (χ0) is 15.0. The highest BCUT2D eigenvalue weighted by Crippen LogP contribution is 2.32. The number of Topliss-reactive ketones (excluding diaryl/α,β-unsaturated/α-hetero) is 1. The van der Waals surface area contributed by atoms with Gasteiger partial charge in [0.25, 0.3) is 0 Å². The molecular weight excluding hydrogens is 278 g/mol. The lowest BCUT2D eigenvalue weighted by atomic mass is 10.2. The average molecular weight is 293 g/mol. The molecule has 0 saturated heterocycles. The Kier molecular flexibility index (Phi) is 3.71. The summed E-state index contributed by atoms with van der Waals surface area (Å²) in [6.07, 6.45) is 0. The van der Waals surface area contributed by atoms with Crippen molar-refractivity contribution in [3.8, 4) is 10.6 Å². The molecule has 0 spiro atoms. The molecule has 20 heavy (non-hydrogen) atoms. The maximum absolute atomic E-state index is 11.7. The fourth-order valence-electron chi connectivity index (χ4n) is 1.98. The van der Waals surface area contributed by atoms with Crippen LogP contribution in [0.5, 0.6) is 0 Å². The van der Waals surface area contributed by atoms with Crippen molar-refractivity contribution in [2.45, 2.75) is 20.8 Å². The van der Waals surface area contributed by atoms with Gasteiger partial charge in [0.15, 0.2) is 11.5 Å². The van der Waals surface area contributed by atoms with Crippen LogP contribution in [0.1, 0.15) is 38.5 Å². The highest BCUT2D eigenvalue weighted by Gasteiger charge is 2.24. The average Bonchev–Trinajstić information content (AvgIpc) is 2.91. The summed E-state index contributed by atoms with van der Waals surface area (Å²) in [6.45, 7) is 5.20. The molecule has 0 bridgehead atoms. The van der Waals surface area contributed by atoms with Crippen molar-refractivity contribution in [3.63, 3.8) is 0 Å². The number of ketones is 1. The van der Waals surface area contributed by atoms with Crippen molar-refractivity contribution < 1.29 is 14.3 Å². The van der Waals surface area contributed by atoms with E-state index in [4.69, 9.17) is 0 Å². The van der Waals surface area contributed by atoms with Gasteiger partial charge in [0, 0.05) is 19.7 Å². The molecule has 0 radical (unpaired) electrons. The maximum Gasteiger partial charge on any atom is 0.358 e. The number of thiazole rings is 1. The van der Waals surface area contributed by atoms with E-state index in [1.807, 2.05) is 20.9 Å². The first-order chi connectivity index (χ1) is 9.36. The van der Waals surface area contributed by atoms with Crippen LogP contribution < -0.4 is 0 Å². The molecule has 2 aromatic heterocycles. The predicted octanol–water partition coefficient (Wildman–Crippen LogP) is 2.15. The van der Waals surface area contributed by atoms with Crippen LogP contribution in [-0.2, 0) is 11.8 Å². The second-order valence-corrected chi connectivity index (χ2v) is 5.41. The van der Waals surface area contributed by atoms with E-state index in [2.05, 4.69) is 14.8 Å². The van der Waals surface area contributed by atoms with Crippen molar-refractivity contribution in [2.75, 3.05) is 7.11 Å². The Morgan fingerprint density at radius 3 is 2.40 bits per heavy atom. The predicted molar refractivity (Wildman–Crippen MR) is 75.1 cm³/mol. The quantitative estimate of drug-likeness (QED) is 0.640. The minimum absolute atomic E-state index is 0.0719. The summed E-state index contributed by atoms with van der Waals surface area (Å²) < 4.78 is 6.42. The molecule has 0 fully saturated rings. The number of nitrogens with zero attached hydrogens (tertiary/aromatic N) is 3. The molecule has 2 rings (SSSR count). The highest BCUT2D eigenvalue weighted by atomic mass is 32.1. The van der Waals surface area contributed by atoms with Gasteiger partial charge in [-0.25, -0.2) is 9.78 Å². The first-order valence-electron chi connectivity index (χ1n) is 5.97. The molecule has 0 unspecified atom stereocenters. The van der Waals surface area contributed by atoms with Crippen LogP contribution in [0.25, 0.3) is 10.6 Å². The fourth-order valence-corrected chi connectivity index (χ4v) is 3.08. The third-order valence-electron chi connectivity index (χ3n) is 3.05. The number of methoxy groups -OCH3 is 1. The van der Waals surface area contributed by atoms with Crippen molar-refractivity contribution in [3.05, 3.63) is 22.0 Å². The minimum Gasteiger partial charge on any atom is -0.464 e. The van der Waals surface area contributed by atoms with Crippen LogP contribution in [0.4, 0.5) is 0 Å². The highest BCUT2D eigenvalue weighted by molar-refractivity contribution is 7.17. The molecule has 0 N–H and O–H groups in total. The summed E-state index contributed by atoms with van der Waals surface area (Å²) in [4.78, 5) is 27.9. The first-order valence-corrected chi connectivity index (χ1v) is 6.79. The first kappa shape index (κ1) is 14.4. The Labute approximate surface area is 120 Å². The van der Waals surface area contributed by atoms with Gasteiger partial charge in [-0.05, 0) is 13.8 Å². The molecule has 0 atom stereocenters. The lowest BCUT2D eigenvalue weighted by molar-refractivity contribution is 0.0591. The molecule has 2 heterocycles. The third-order valence-corrected chi connectivity index (χ3v) is 4.22. The SMILES string of the molecule is COC(=O)c1nc(-c2c(C)nn(C)c2C)sc1C(C)=O. The summed E-state index contributed by atoms with van der Waals surface area (Å²) >= 11 is 1.19. The van der Waals surface area contributed by atoms with Gasteiger partial charge in [-0.1, -0.05) is 0 Å². The second kappa shape index (κ2) is 5.16. The van der Waals surface area contributed by atoms with E-state index in [-0.39, 0.29) is 11.5 Å². The summed E-state index contributed by atoms with van der Waals surface area (Å²) in [5.74, 6) is -0.801. The van der Waals surface area contributed by atoms with E-state index in [0.29, 0.717) is 9.88 Å². The fraction of sp³-hybridized carbons (Fsp3) is 0.385. The zero-order valence-corrected chi connectivity index (χ0v) is 12.8. The zero-order valence-electron chi connectivity index (χ0n) is 12.0. The standard InChI is InChI=1S/C13H15N3O3S/c1-6-9(7(2)16(4)15-6)12-14-10(13(18)19-5)11(20-12)8(3)17/h1-5H3. The number of ether oxygens (including phenoxy) is 1. The molecule has 0 aromatic carbocycles. The Morgan fingerprint density at radius 2 is 1.95 bits per heavy atom. The number of aromatic nitrogens is 3. The third kappa shape index (κ3) is 2.24. The normalized spacial score (nSPS) is 10.7. The van der Waals surface area contributed by atoms with Gasteiger partial charge in [0.1, 0.15) is 9.88 Å². The van der Waals surface area contributed by atoms with Gasteiger partial charge in [-0.2, -0.15) is 5.10 Å². The summed E-state index contributed by atoms with van der Waals surface area (Å²) in [7, 11) is 3.11. The van der Waals surface area contributed by atoms with Gasteiger partial charge in [0.2, 0.25) is 0 Å². The Balaban J connectivity index is 2.65. The Morgan fingerprint density at radius 1 is 1.30 bits per heavy atom. The van der Waals surface area contributed by atoms with Crippen molar-refractivity contribution in [1.29, 1.82) is 0 Å². The molecule has 0 amide bonds. The van der Waals surface area contributed by atoms with Crippen molar-refractivity contribution >= 4 is 23.1 Å². The van der Waals surface area contributed by atoms with Crippen molar-refractivity contribution in [2.24, 2.45) is 7.05 Å². The van der Waals surface area contributed by atoms with Crippen LogP contribution in [-0.4, -0.2) is 33.6 Å². The van der Waals surface area contributed by atoms with E-state index in [9.17, 15) is 9.59 Å². The van der Waals surface area contributed by atoms with Crippen LogP contribution in [0.3, 0.4) is 0 Å². The summed E-state index contributed by atoms with van der Waals surface area (Å²) in [5, 5.41) is 4.93. The number of aryl methyl sites for hydroxylation is 2. The number of hydrogen-bond acceptors (Lipinski definition) is 6. The Bertz CT molecular complexity index is 700. The molecule has 0 aliphatic rings. The summed E-state index contributed by atoms with van der Waals surface area (Å²) in [5.41, 5.74) is 2.67. The molecule has 2 aromatic rings. The van der Waals surface area contributed by atoms with Crippen molar-refractivity contribution in [1.82, 2.24) is 14.8 Å². The number of esters is 1. The van der Waals surface area contributed by atoms with Crippen LogP contribution in [0.2, 0.25) is 0 Å². The van der Waals surface area contributed by atoms with Gasteiger partial charge >= 0.3 is 5.97 Å². The second-order valence-electron chi connectivity index (χ2n) is 4.41. The lowest BCUT2D eigenvalue weighted by Crippen LogP contribution is -2.06. The topological polar surface area (TPSA) is 74.1 Å². The molecule has 0 saturated carbocycles. The summed E-state index contributed by atoms with van der Waals surface area (Å²) in [6, 6.07) is 0. The minimum atomic E-state index is -0.600. The number of carbonyl (C=O) groups is 2. The van der Waals surface area contributed by atoms with E-state index in [1.54, 1.807) is 4.68 Å². The lowest BCUT2D eigenvalue weighted by Gasteiger charge is -1.96. The molecule has 7 heteroatoms. The van der Waals surface area contributed by atoms with E-state index < -0.39 is 5.97 Å². The van der Waals surface area contributed by atoms with Gasteiger partial charge < -0.3 is 4.74 Å².